The molecule has 39 heavy (non-hydrogen) atoms. The maximum atomic E-state index is 12.2. The molecule has 4 N–H and O–H groups in total. The predicted molar refractivity (Wildman–Crippen MR) is 156 cm³/mol. The summed E-state index contributed by atoms with van der Waals surface area (Å²) in [5, 5.41) is 12.4. The smallest absolute Gasteiger partial charge is 0.222 e. The number of hydrogen-bond donors (Lipinski definition) is 4. The van der Waals surface area contributed by atoms with Gasteiger partial charge in [0.05, 0.1) is 45.2 Å². The Bertz CT molecular complexity index is 669. The Morgan fingerprint density at radius 3 is 0.923 bits per heavy atom. The van der Waals surface area contributed by atoms with Gasteiger partial charge in [-0.3, -0.25) is 14.4 Å². The molecule has 0 aromatic rings. The topological polar surface area (TPSA) is 127 Å². The van der Waals surface area contributed by atoms with E-state index in [0.29, 0.717) is 0 Å². The first kappa shape index (κ1) is 37.2. The van der Waals surface area contributed by atoms with Gasteiger partial charge in [0.15, 0.2) is 0 Å². The fourth-order valence-electron chi connectivity index (χ4n) is 3.77. The first-order chi connectivity index (χ1) is 17.5. The van der Waals surface area contributed by atoms with Crippen molar-refractivity contribution in [1.29, 1.82) is 0 Å². The molecule has 0 aliphatic rings. The van der Waals surface area contributed by atoms with E-state index in [1.807, 2.05) is 83.1 Å². The first-order valence-corrected chi connectivity index (χ1v) is 14.0. The van der Waals surface area contributed by atoms with E-state index in [9.17, 15) is 14.4 Å². The molecular weight excluding hydrogens is 500 g/mol. The van der Waals surface area contributed by atoms with Crippen LogP contribution < -0.4 is 21.3 Å². The van der Waals surface area contributed by atoms with Gasteiger partial charge in [-0.2, -0.15) is 0 Å². The van der Waals surface area contributed by atoms with Crippen LogP contribution in [0, 0.1) is 0 Å². The Morgan fingerprint density at radius 2 is 0.718 bits per heavy atom. The lowest BCUT2D eigenvalue weighted by molar-refractivity contribution is -0.124. The number of rotatable bonds is 16. The van der Waals surface area contributed by atoms with Crippen LogP contribution in [0.15, 0.2) is 0 Å². The quantitative estimate of drug-likeness (QED) is 0.214. The maximum absolute atomic E-state index is 12.2. The van der Waals surface area contributed by atoms with Crippen molar-refractivity contribution >= 4 is 17.7 Å². The van der Waals surface area contributed by atoms with Crippen LogP contribution in [0.2, 0.25) is 0 Å². The molecule has 0 atom stereocenters. The van der Waals surface area contributed by atoms with Crippen LogP contribution in [-0.4, -0.2) is 85.1 Å². The van der Waals surface area contributed by atoms with Crippen molar-refractivity contribution in [1.82, 2.24) is 21.3 Å². The number of amides is 3. The van der Waals surface area contributed by atoms with Crippen molar-refractivity contribution in [2.24, 2.45) is 0 Å². The minimum absolute atomic E-state index is 0.0842. The van der Waals surface area contributed by atoms with Crippen LogP contribution in [0.3, 0.4) is 0 Å². The van der Waals surface area contributed by atoms with Crippen LogP contribution in [-0.2, 0) is 28.6 Å². The van der Waals surface area contributed by atoms with Crippen molar-refractivity contribution < 1.29 is 28.6 Å². The van der Waals surface area contributed by atoms with Gasteiger partial charge in [-0.25, -0.2) is 0 Å². The molecule has 0 aromatic carbocycles. The molecule has 0 aromatic heterocycles. The zero-order valence-electron chi connectivity index (χ0n) is 26.8. The molecule has 10 heteroatoms. The standard InChI is InChI=1S/C29H58N4O6/c1-25(2,3)30-22(34)13-16-37-19-29(33-28(10,11)12,20-38-17-14-23(35)31-26(4,5)6)21-39-18-15-24(36)32-27(7,8)9/h33H,13-21H2,1-12H3,(H,30,34)(H,31,35)(H,32,36). The minimum Gasteiger partial charge on any atom is -0.379 e. The van der Waals surface area contributed by atoms with Gasteiger partial charge in [0.2, 0.25) is 17.7 Å². The molecular formula is C29H58N4O6. The highest BCUT2D eigenvalue weighted by molar-refractivity contribution is 5.77. The Morgan fingerprint density at radius 1 is 0.462 bits per heavy atom. The lowest BCUT2D eigenvalue weighted by atomic mass is 9.97. The summed E-state index contributed by atoms with van der Waals surface area (Å²) < 4.78 is 17.9. The van der Waals surface area contributed by atoms with Gasteiger partial charge in [-0.1, -0.05) is 0 Å². The van der Waals surface area contributed by atoms with Gasteiger partial charge in [0, 0.05) is 41.4 Å². The summed E-state index contributed by atoms with van der Waals surface area (Å²) >= 11 is 0. The molecule has 0 rings (SSSR count). The average Bonchev–Trinajstić information content (AvgIpc) is 2.67. The molecule has 0 heterocycles. The third kappa shape index (κ3) is 22.7. The van der Waals surface area contributed by atoms with Crippen LogP contribution >= 0.6 is 0 Å². The highest BCUT2D eigenvalue weighted by atomic mass is 16.5. The van der Waals surface area contributed by atoms with Crippen LogP contribution in [0.25, 0.3) is 0 Å². The summed E-state index contributed by atoms with van der Waals surface area (Å²) in [5.74, 6) is -0.252. The van der Waals surface area contributed by atoms with E-state index >= 15 is 0 Å². The third-order valence-corrected chi connectivity index (χ3v) is 4.74. The Balaban J connectivity index is 5.31. The summed E-state index contributed by atoms with van der Waals surface area (Å²) in [6, 6.07) is 0. The van der Waals surface area contributed by atoms with Gasteiger partial charge < -0.3 is 35.5 Å². The fraction of sp³-hybridized carbons (Fsp3) is 0.897. The van der Waals surface area contributed by atoms with Crippen LogP contribution in [0.5, 0.6) is 0 Å². The number of carbonyl (C=O) groups is 3. The van der Waals surface area contributed by atoms with Crippen LogP contribution in [0.1, 0.15) is 102 Å². The summed E-state index contributed by atoms with van der Waals surface area (Å²) in [5.41, 5.74) is -2.01. The molecule has 0 spiro atoms. The lowest BCUT2D eigenvalue weighted by Crippen LogP contribution is -2.62. The van der Waals surface area contributed by atoms with E-state index in [0.717, 1.165) is 0 Å². The van der Waals surface area contributed by atoms with E-state index < -0.39 is 5.54 Å². The normalized spacial score (nSPS) is 13.2. The molecule has 0 saturated carbocycles. The fourth-order valence-corrected chi connectivity index (χ4v) is 3.77. The summed E-state index contributed by atoms with van der Waals surface area (Å²) in [6.45, 7) is 24.9. The second-order valence-corrected chi connectivity index (χ2v) is 14.5. The number of nitrogens with one attached hydrogen (secondary N) is 4. The van der Waals surface area contributed by atoms with Crippen molar-refractivity contribution in [3.05, 3.63) is 0 Å². The lowest BCUT2D eigenvalue weighted by Gasteiger charge is -2.40. The number of hydrogen-bond acceptors (Lipinski definition) is 7. The molecule has 0 aliphatic carbocycles. The van der Waals surface area contributed by atoms with Gasteiger partial charge in [-0.15, -0.1) is 0 Å². The zero-order chi connectivity index (χ0) is 30.5. The summed E-state index contributed by atoms with van der Waals surface area (Å²) in [4.78, 5) is 36.7. The van der Waals surface area contributed by atoms with Crippen LogP contribution in [0.4, 0.5) is 0 Å². The Kier molecular flexibility index (Phi) is 15.2. The minimum atomic E-state index is -0.764. The summed E-state index contributed by atoms with van der Waals surface area (Å²) in [7, 11) is 0. The second kappa shape index (κ2) is 15.9. The Labute approximate surface area is 237 Å². The van der Waals surface area contributed by atoms with Crippen molar-refractivity contribution in [3.63, 3.8) is 0 Å². The summed E-state index contributed by atoms with van der Waals surface area (Å²) in [6.07, 6.45) is 0.680. The van der Waals surface area contributed by atoms with Gasteiger partial charge in [-0.05, 0) is 83.1 Å². The average molecular weight is 559 g/mol. The highest BCUT2D eigenvalue weighted by Gasteiger charge is 2.35. The molecule has 3 amide bonds. The van der Waals surface area contributed by atoms with Gasteiger partial charge in [0.1, 0.15) is 0 Å². The predicted octanol–water partition coefficient (Wildman–Crippen LogP) is 3.08. The molecule has 10 nitrogen and oxygen atoms in total. The SMILES string of the molecule is CC(C)(C)NC(=O)CCOCC(COCCC(=O)NC(C)(C)C)(COCCC(=O)NC(C)(C)C)NC(C)(C)C. The maximum Gasteiger partial charge on any atom is 0.222 e. The molecule has 0 radical (unpaired) electrons. The molecule has 0 bridgehead atoms. The van der Waals surface area contributed by atoms with E-state index in [1.54, 1.807) is 0 Å². The zero-order valence-corrected chi connectivity index (χ0v) is 26.8. The first-order valence-electron chi connectivity index (χ1n) is 14.0. The van der Waals surface area contributed by atoms with E-state index in [2.05, 4.69) is 21.3 Å². The molecule has 0 aliphatic heterocycles. The third-order valence-electron chi connectivity index (χ3n) is 4.74. The molecule has 0 unspecified atom stereocenters. The molecule has 0 fully saturated rings. The van der Waals surface area contributed by atoms with Crippen molar-refractivity contribution in [3.8, 4) is 0 Å². The van der Waals surface area contributed by atoms with Crippen molar-refractivity contribution in [2.75, 3.05) is 39.6 Å². The van der Waals surface area contributed by atoms with E-state index in [1.165, 1.54) is 0 Å². The number of carbonyl (C=O) groups excluding carboxylic acids is 3. The largest absolute Gasteiger partial charge is 0.379 e. The number of ether oxygens (including phenoxy) is 3. The Hall–Kier alpha value is -1.75. The van der Waals surface area contributed by atoms with Gasteiger partial charge in [0.25, 0.3) is 0 Å². The monoisotopic (exact) mass is 558 g/mol. The van der Waals surface area contributed by atoms with E-state index in [-0.39, 0.29) is 98.8 Å². The highest BCUT2D eigenvalue weighted by Crippen LogP contribution is 2.16. The molecule has 0 saturated heterocycles. The van der Waals surface area contributed by atoms with E-state index in [4.69, 9.17) is 14.2 Å². The second-order valence-electron chi connectivity index (χ2n) is 14.5. The van der Waals surface area contributed by atoms with Gasteiger partial charge >= 0.3 is 0 Å². The molecule has 230 valence electrons. The van der Waals surface area contributed by atoms with Crippen molar-refractivity contribution in [2.45, 2.75) is 130 Å².